The maximum atomic E-state index is 12.7. The molecule has 4 nitrogen and oxygen atoms in total. The van der Waals surface area contributed by atoms with Crippen molar-refractivity contribution in [3.8, 4) is 0 Å². The summed E-state index contributed by atoms with van der Waals surface area (Å²) < 4.78 is 5.32. The summed E-state index contributed by atoms with van der Waals surface area (Å²) in [5.74, 6) is -1.09. The summed E-state index contributed by atoms with van der Waals surface area (Å²) in [4.78, 5) is 24.9. The molecule has 27 heavy (non-hydrogen) atoms. The first-order valence-electron chi connectivity index (χ1n) is 9.11. The molecule has 0 spiro atoms. The summed E-state index contributed by atoms with van der Waals surface area (Å²) in [7, 11) is 0. The van der Waals surface area contributed by atoms with Crippen molar-refractivity contribution in [2.24, 2.45) is 5.92 Å². The zero-order chi connectivity index (χ0) is 20.0. The Kier molecular flexibility index (Phi) is 7.43. The van der Waals surface area contributed by atoms with Gasteiger partial charge in [-0.2, -0.15) is 0 Å². The van der Waals surface area contributed by atoms with E-state index < -0.39 is 17.8 Å². The zero-order valence-electron chi connectivity index (χ0n) is 16.2. The lowest BCUT2D eigenvalue weighted by atomic mass is 9.86. The number of ether oxygens (including phenoxy) is 1. The van der Waals surface area contributed by atoms with Gasteiger partial charge in [-0.25, -0.2) is 0 Å². The van der Waals surface area contributed by atoms with E-state index in [0.29, 0.717) is 10.7 Å². The number of aryl methyl sites for hydroxylation is 2. The van der Waals surface area contributed by atoms with Gasteiger partial charge in [-0.15, -0.1) is 0 Å². The molecule has 144 valence electrons. The van der Waals surface area contributed by atoms with Crippen LogP contribution in [-0.2, 0) is 14.3 Å². The molecule has 0 saturated heterocycles. The largest absolute Gasteiger partial charge is 0.455 e. The molecule has 0 fully saturated rings. The molecule has 0 unspecified atom stereocenters. The molecule has 0 aliphatic rings. The Labute approximate surface area is 165 Å². The fourth-order valence-electron chi connectivity index (χ4n) is 3.07. The van der Waals surface area contributed by atoms with Crippen molar-refractivity contribution in [1.29, 1.82) is 0 Å². The van der Waals surface area contributed by atoms with Crippen molar-refractivity contribution in [2.45, 2.75) is 40.0 Å². The van der Waals surface area contributed by atoms with Crippen molar-refractivity contribution in [1.82, 2.24) is 0 Å². The molecule has 0 aromatic heterocycles. The van der Waals surface area contributed by atoms with Crippen LogP contribution in [0.5, 0.6) is 0 Å². The SMILES string of the molecule is CC[C@@H](C)[C@H](C(=O)OCC(=O)Nc1c(C)cc(C)cc1Cl)c1ccccc1. The van der Waals surface area contributed by atoms with Crippen LogP contribution in [0.3, 0.4) is 0 Å². The summed E-state index contributed by atoms with van der Waals surface area (Å²) in [5.41, 5.74) is 3.32. The van der Waals surface area contributed by atoms with Crippen molar-refractivity contribution >= 4 is 29.2 Å². The Morgan fingerprint density at radius 1 is 1.15 bits per heavy atom. The number of amides is 1. The summed E-state index contributed by atoms with van der Waals surface area (Å²) in [6, 6.07) is 13.2. The molecule has 0 radical (unpaired) electrons. The quantitative estimate of drug-likeness (QED) is 0.658. The standard InChI is InChI=1S/C22H26ClNO3/c1-5-15(3)20(17-9-7-6-8-10-17)22(26)27-13-19(25)24-21-16(4)11-14(2)12-18(21)23/h6-12,15,20H,5,13H2,1-4H3,(H,24,25)/t15-,20+/m1/s1. The Balaban J connectivity index is 2.04. The summed E-state index contributed by atoms with van der Waals surface area (Å²) >= 11 is 6.21. The minimum atomic E-state index is -0.409. The van der Waals surface area contributed by atoms with Crippen LogP contribution in [0.4, 0.5) is 5.69 Å². The monoisotopic (exact) mass is 387 g/mol. The van der Waals surface area contributed by atoms with E-state index in [9.17, 15) is 9.59 Å². The van der Waals surface area contributed by atoms with E-state index in [4.69, 9.17) is 16.3 Å². The van der Waals surface area contributed by atoms with Gasteiger partial charge in [0.2, 0.25) is 0 Å². The molecule has 2 aromatic carbocycles. The van der Waals surface area contributed by atoms with Crippen LogP contribution in [0.15, 0.2) is 42.5 Å². The van der Waals surface area contributed by atoms with Crippen LogP contribution in [0.1, 0.15) is 42.9 Å². The average Bonchev–Trinajstić information content (AvgIpc) is 2.63. The Morgan fingerprint density at radius 2 is 1.81 bits per heavy atom. The number of anilines is 1. The molecule has 2 atom stereocenters. The number of rotatable bonds is 7. The molecular weight excluding hydrogens is 362 g/mol. The van der Waals surface area contributed by atoms with Crippen molar-refractivity contribution < 1.29 is 14.3 Å². The highest BCUT2D eigenvalue weighted by Gasteiger charge is 2.27. The number of nitrogens with one attached hydrogen (secondary N) is 1. The third kappa shape index (κ3) is 5.57. The minimum absolute atomic E-state index is 0.108. The molecule has 0 bridgehead atoms. The second-order valence-corrected chi connectivity index (χ2v) is 7.28. The lowest BCUT2D eigenvalue weighted by Crippen LogP contribution is -2.27. The van der Waals surface area contributed by atoms with E-state index in [0.717, 1.165) is 23.1 Å². The predicted octanol–water partition coefficient (Wildman–Crippen LogP) is 5.27. The average molecular weight is 388 g/mol. The third-order valence-electron chi connectivity index (χ3n) is 4.67. The lowest BCUT2D eigenvalue weighted by Gasteiger charge is -2.22. The highest BCUT2D eigenvalue weighted by molar-refractivity contribution is 6.34. The van der Waals surface area contributed by atoms with E-state index in [2.05, 4.69) is 5.32 Å². The summed E-state index contributed by atoms with van der Waals surface area (Å²) in [6.07, 6.45) is 0.832. The molecule has 0 aliphatic carbocycles. The molecule has 2 rings (SSSR count). The number of carbonyl (C=O) groups excluding carboxylic acids is 2. The highest BCUT2D eigenvalue weighted by atomic mass is 35.5. The second-order valence-electron chi connectivity index (χ2n) is 6.87. The molecule has 0 aliphatic heterocycles. The van der Waals surface area contributed by atoms with Crippen molar-refractivity contribution in [3.05, 3.63) is 64.2 Å². The van der Waals surface area contributed by atoms with Crippen LogP contribution < -0.4 is 5.32 Å². The van der Waals surface area contributed by atoms with E-state index in [1.165, 1.54) is 0 Å². The van der Waals surface area contributed by atoms with Gasteiger partial charge in [0, 0.05) is 0 Å². The maximum absolute atomic E-state index is 12.7. The Hall–Kier alpha value is -2.33. The van der Waals surface area contributed by atoms with Crippen LogP contribution in [0.25, 0.3) is 0 Å². The third-order valence-corrected chi connectivity index (χ3v) is 4.97. The number of halogens is 1. The zero-order valence-corrected chi connectivity index (χ0v) is 17.0. The first-order valence-corrected chi connectivity index (χ1v) is 9.49. The number of esters is 1. The normalized spacial score (nSPS) is 12.9. The van der Waals surface area contributed by atoms with Crippen LogP contribution >= 0.6 is 11.6 Å². The van der Waals surface area contributed by atoms with E-state index >= 15 is 0 Å². The first kappa shape index (κ1) is 21.0. The van der Waals surface area contributed by atoms with Crippen LogP contribution in [0, 0.1) is 19.8 Å². The molecule has 0 saturated carbocycles. The van der Waals surface area contributed by atoms with E-state index in [1.807, 2.05) is 64.1 Å². The summed E-state index contributed by atoms with van der Waals surface area (Å²) in [6.45, 7) is 7.50. The molecule has 0 heterocycles. The second kappa shape index (κ2) is 9.56. The van der Waals surface area contributed by atoms with Gasteiger partial charge < -0.3 is 10.1 Å². The number of hydrogen-bond donors (Lipinski definition) is 1. The van der Waals surface area contributed by atoms with Crippen molar-refractivity contribution in [2.75, 3.05) is 11.9 Å². The lowest BCUT2D eigenvalue weighted by molar-refractivity contribution is -0.150. The minimum Gasteiger partial charge on any atom is -0.455 e. The molecule has 2 aromatic rings. The highest BCUT2D eigenvalue weighted by Crippen LogP contribution is 2.29. The molecule has 1 N–H and O–H groups in total. The Morgan fingerprint density at radius 3 is 2.41 bits per heavy atom. The smallest absolute Gasteiger partial charge is 0.314 e. The van der Waals surface area contributed by atoms with Gasteiger partial charge in [0.25, 0.3) is 5.91 Å². The van der Waals surface area contributed by atoms with Gasteiger partial charge in [-0.3, -0.25) is 9.59 Å². The van der Waals surface area contributed by atoms with E-state index in [1.54, 1.807) is 6.07 Å². The number of benzene rings is 2. The van der Waals surface area contributed by atoms with Crippen molar-refractivity contribution in [3.63, 3.8) is 0 Å². The van der Waals surface area contributed by atoms with Gasteiger partial charge >= 0.3 is 5.97 Å². The van der Waals surface area contributed by atoms with Gasteiger partial charge in [0.15, 0.2) is 6.61 Å². The van der Waals surface area contributed by atoms with Gasteiger partial charge in [0.05, 0.1) is 16.6 Å². The molecule has 1 amide bonds. The summed E-state index contributed by atoms with van der Waals surface area (Å²) in [5, 5.41) is 3.20. The molecular formula is C22H26ClNO3. The topological polar surface area (TPSA) is 55.4 Å². The number of carbonyl (C=O) groups is 2. The predicted molar refractivity (Wildman–Crippen MR) is 109 cm³/mol. The molecule has 5 heteroatoms. The fourth-order valence-corrected chi connectivity index (χ4v) is 3.44. The van der Waals surface area contributed by atoms with E-state index in [-0.39, 0.29) is 12.5 Å². The van der Waals surface area contributed by atoms with Crippen LogP contribution in [0.2, 0.25) is 5.02 Å². The van der Waals surface area contributed by atoms with Gasteiger partial charge in [0.1, 0.15) is 0 Å². The first-order chi connectivity index (χ1) is 12.8. The number of hydrogen-bond acceptors (Lipinski definition) is 3. The van der Waals surface area contributed by atoms with Crippen LogP contribution in [-0.4, -0.2) is 18.5 Å². The fraction of sp³-hybridized carbons (Fsp3) is 0.364. The Bertz CT molecular complexity index is 781. The van der Waals surface area contributed by atoms with Gasteiger partial charge in [-0.05, 0) is 42.5 Å². The maximum Gasteiger partial charge on any atom is 0.314 e. The van der Waals surface area contributed by atoms with Gasteiger partial charge in [-0.1, -0.05) is 68.3 Å².